The number of aliphatic hydroxyl groups excluding tert-OH is 1. The van der Waals surface area contributed by atoms with E-state index in [1.165, 1.54) is 0 Å². The molecule has 0 aliphatic carbocycles. The van der Waals surface area contributed by atoms with Crippen LogP contribution in [0.1, 0.15) is 12.0 Å². The number of nitrogens with zero attached hydrogens (tertiary/aromatic N) is 4. The predicted molar refractivity (Wildman–Crippen MR) is 122 cm³/mol. The number of aryl methyl sites for hydroxylation is 1. The third-order valence-corrected chi connectivity index (χ3v) is 5.18. The monoisotopic (exact) mass is 431 g/mol. The first-order chi connectivity index (χ1) is 15.4. The Balaban J connectivity index is 1.33. The molecule has 4 aromatic rings. The van der Waals surface area contributed by atoms with Gasteiger partial charge in [-0.25, -0.2) is 14.8 Å². The summed E-state index contributed by atoms with van der Waals surface area (Å²) in [4.78, 5) is 29.3. The van der Waals surface area contributed by atoms with Gasteiger partial charge in [-0.2, -0.15) is 4.98 Å². The number of pyridine rings is 1. The van der Waals surface area contributed by atoms with E-state index in [0.717, 1.165) is 28.5 Å². The molecule has 0 unspecified atom stereocenters. The van der Waals surface area contributed by atoms with Gasteiger partial charge in [0.25, 0.3) is 0 Å². The van der Waals surface area contributed by atoms with E-state index in [9.17, 15) is 9.90 Å². The molecule has 0 radical (unpaired) electrons. The molecule has 3 aromatic heterocycles. The van der Waals surface area contributed by atoms with E-state index in [2.05, 4.69) is 37.1 Å². The maximum absolute atomic E-state index is 11.4. The molecular formula is C22H21N7O3. The summed E-state index contributed by atoms with van der Waals surface area (Å²) in [5, 5.41) is 16.2. The van der Waals surface area contributed by atoms with Crippen LogP contribution in [0.4, 0.5) is 29.0 Å². The van der Waals surface area contributed by atoms with Gasteiger partial charge in [-0.15, -0.1) is 0 Å². The van der Waals surface area contributed by atoms with Gasteiger partial charge in [-0.05, 0) is 37.3 Å². The molecule has 10 heteroatoms. The average Bonchev–Trinajstić information content (AvgIpc) is 3.30. The highest BCUT2D eigenvalue weighted by Gasteiger charge is 2.25. The van der Waals surface area contributed by atoms with Crippen molar-refractivity contribution in [1.29, 1.82) is 0 Å². The van der Waals surface area contributed by atoms with Gasteiger partial charge in [0, 0.05) is 29.6 Å². The summed E-state index contributed by atoms with van der Waals surface area (Å²) < 4.78 is 5.03. The second kappa shape index (κ2) is 7.82. The molecule has 0 amide bonds. The maximum atomic E-state index is 11.4. The number of aromatic amines is 1. The lowest BCUT2D eigenvalue weighted by Gasteiger charge is -2.18. The van der Waals surface area contributed by atoms with Gasteiger partial charge in [0.2, 0.25) is 5.95 Å². The molecule has 4 heterocycles. The molecule has 10 nitrogen and oxygen atoms in total. The lowest BCUT2D eigenvalue weighted by molar-refractivity contribution is 0.200. The van der Waals surface area contributed by atoms with Crippen molar-refractivity contribution in [3.63, 3.8) is 0 Å². The van der Waals surface area contributed by atoms with Gasteiger partial charge in [-0.1, -0.05) is 6.58 Å². The first-order valence-corrected chi connectivity index (χ1v) is 10.0. The van der Waals surface area contributed by atoms with Crippen LogP contribution in [0.25, 0.3) is 11.1 Å². The van der Waals surface area contributed by atoms with Crippen molar-refractivity contribution in [3.8, 4) is 0 Å². The molecule has 162 valence electrons. The van der Waals surface area contributed by atoms with E-state index in [0.29, 0.717) is 35.8 Å². The number of benzene rings is 1. The Bertz CT molecular complexity index is 1360. The van der Waals surface area contributed by atoms with Crippen LogP contribution in [0, 0.1) is 6.92 Å². The number of H-pyrrole nitrogens is 1. The lowest BCUT2D eigenvalue weighted by atomic mass is 10.2. The van der Waals surface area contributed by atoms with E-state index < -0.39 is 11.9 Å². The molecule has 5 rings (SSSR count). The molecular weight excluding hydrogens is 410 g/mol. The largest absolute Gasteiger partial charge is 0.417 e. The SMILES string of the molecule is C=C1C[C@@H](O)CN1c1ccc(Nc2ncc(C)c(Nc3ccc4oc(=O)[nH]c4c3)n2)cn1. The normalized spacial score (nSPS) is 16.0. The van der Waals surface area contributed by atoms with Gasteiger partial charge in [0.1, 0.15) is 11.6 Å². The highest BCUT2D eigenvalue weighted by Crippen LogP contribution is 2.27. The Labute approximate surface area is 182 Å². The standard InChI is InChI=1S/C22H21N7O3/c1-12-9-24-21(26-15-4-6-19(23-10-15)29-11-16(30)7-13(29)2)28-20(12)25-14-3-5-18-17(8-14)27-22(31)32-18/h3-6,8-10,16,30H,2,7,11H2,1H3,(H,27,31)(H2,24,25,26,28)/t16-/m1/s1. The third-order valence-electron chi connectivity index (χ3n) is 5.18. The van der Waals surface area contributed by atoms with Gasteiger partial charge in [0.15, 0.2) is 5.58 Å². The van der Waals surface area contributed by atoms with Crippen LogP contribution in [0.2, 0.25) is 0 Å². The Morgan fingerprint density at radius 1 is 1.19 bits per heavy atom. The molecule has 4 N–H and O–H groups in total. The molecule has 1 saturated heterocycles. The molecule has 1 aliphatic rings. The number of nitrogens with one attached hydrogen (secondary N) is 3. The topological polar surface area (TPSA) is 132 Å². The molecule has 1 atom stereocenters. The van der Waals surface area contributed by atoms with E-state index in [-0.39, 0.29) is 0 Å². The van der Waals surface area contributed by atoms with Crippen LogP contribution in [0.15, 0.2) is 64.2 Å². The van der Waals surface area contributed by atoms with Gasteiger partial charge in [-0.3, -0.25) is 4.98 Å². The summed E-state index contributed by atoms with van der Waals surface area (Å²) in [6, 6.07) is 9.03. The van der Waals surface area contributed by atoms with Crippen LogP contribution in [-0.4, -0.2) is 37.7 Å². The van der Waals surface area contributed by atoms with Gasteiger partial charge >= 0.3 is 5.76 Å². The zero-order chi connectivity index (χ0) is 22.2. The molecule has 0 spiro atoms. The van der Waals surface area contributed by atoms with Crippen LogP contribution in [0.5, 0.6) is 0 Å². The number of rotatable bonds is 5. The molecule has 1 aliphatic heterocycles. The quantitative estimate of drug-likeness (QED) is 0.376. The minimum Gasteiger partial charge on any atom is -0.408 e. The smallest absolute Gasteiger partial charge is 0.408 e. The summed E-state index contributed by atoms with van der Waals surface area (Å²) >= 11 is 0. The third kappa shape index (κ3) is 3.91. The highest BCUT2D eigenvalue weighted by atomic mass is 16.4. The van der Waals surface area contributed by atoms with E-state index in [1.807, 2.05) is 24.0 Å². The highest BCUT2D eigenvalue weighted by molar-refractivity contribution is 5.78. The zero-order valence-electron chi connectivity index (χ0n) is 17.3. The Hall–Kier alpha value is -4.18. The van der Waals surface area contributed by atoms with Crippen molar-refractivity contribution in [1.82, 2.24) is 19.9 Å². The lowest BCUT2D eigenvalue weighted by Crippen LogP contribution is -2.20. The van der Waals surface area contributed by atoms with Crippen molar-refractivity contribution < 1.29 is 9.52 Å². The second-order valence-corrected chi connectivity index (χ2v) is 7.64. The summed E-state index contributed by atoms with van der Waals surface area (Å²) in [6.45, 7) is 6.38. The van der Waals surface area contributed by atoms with Crippen molar-refractivity contribution in [2.75, 3.05) is 22.1 Å². The van der Waals surface area contributed by atoms with Crippen LogP contribution in [0.3, 0.4) is 0 Å². The molecule has 1 fully saturated rings. The fraction of sp³-hybridized carbons (Fsp3) is 0.182. The fourth-order valence-corrected chi connectivity index (χ4v) is 3.59. The second-order valence-electron chi connectivity index (χ2n) is 7.64. The average molecular weight is 431 g/mol. The van der Waals surface area contributed by atoms with Crippen LogP contribution >= 0.6 is 0 Å². The number of β-amino-alcohol motifs (C(OH)–C–C–N with tert-alkyl or cyclic N) is 1. The Kier molecular flexibility index (Phi) is 4.83. The summed E-state index contributed by atoms with van der Waals surface area (Å²) in [6.07, 6.45) is 3.54. The van der Waals surface area contributed by atoms with Crippen LogP contribution < -0.4 is 21.3 Å². The summed E-state index contributed by atoms with van der Waals surface area (Å²) in [5.41, 5.74) is 4.28. The number of anilines is 5. The van der Waals surface area contributed by atoms with Crippen molar-refractivity contribution in [2.24, 2.45) is 0 Å². The molecule has 0 saturated carbocycles. The Morgan fingerprint density at radius 3 is 2.78 bits per heavy atom. The van der Waals surface area contributed by atoms with Crippen molar-refractivity contribution in [2.45, 2.75) is 19.4 Å². The minimum absolute atomic E-state index is 0.409. The number of oxazole rings is 1. The van der Waals surface area contributed by atoms with Gasteiger partial charge < -0.3 is 25.1 Å². The number of aliphatic hydroxyl groups is 1. The number of hydrogen-bond donors (Lipinski definition) is 4. The van der Waals surface area contributed by atoms with Gasteiger partial charge in [0.05, 0.1) is 30.0 Å². The minimum atomic E-state index is -0.494. The number of aromatic nitrogens is 4. The van der Waals surface area contributed by atoms with E-state index in [4.69, 9.17) is 4.42 Å². The zero-order valence-corrected chi connectivity index (χ0v) is 17.3. The fourth-order valence-electron chi connectivity index (χ4n) is 3.59. The maximum Gasteiger partial charge on any atom is 0.417 e. The van der Waals surface area contributed by atoms with Crippen LogP contribution in [-0.2, 0) is 0 Å². The van der Waals surface area contributed by atoms with E-state index in [1.54, 1.807) is 30.6 Å². The predicted octanol–water partition coefficient (Wildman–Crippen LogP) is 3.19. The summed E-state index contributed by atoms with van der Waals surface area (Å²) in [7, 11) is 0. The molecule has 0 bridgehead atoms. The summed E-state index contributed by atoms with van der Waals surface area (Å²) in [5.74, 6) is 1.27. The Morgan fingerprint density at radius 2 is 2.03 bits per heavy atom. The van der Waals surface area contributed by atoms with Crippen molar-refractivity contribution >= 4 is 40.1 Å². The van der Waals surface area contributed by atoms with Crippen molar-refractivity contribution in [3.05, 3.63) is 71.1 Å². The first kappa shape index (κ1) is 19.8. The molecule has 32 heavy (non-hydrogen) atoms. The molecule has 1 aromatic carbocycles. The first-order valence-electron chi connectivity index (χ1n) is 10.0. The number of fused-ring (bicyclic) bond motifs is 1. The van der Waals surface area contributed by atoms with E-state index >= 15 is 0 Å². The number of hydrogen-bond acceptors (Lipinski definition) is 9.